The maximum Gasteiger partial charge on any atom is 0.344 e. The van der Waals surface area contributed by atoms with Gasteiger partial charge in [-0.25, -0.2) is 9.18 Å². The largest absolute Gasteiger partial charge is 0.465 e. The first-order valence-corrected chi connectivity index (χ1v) is 9.63. The fourth-order valence-electron chi connectivity index (χ4n) is 4.27. The van der Waals surface area contributed by atoms with Gasteiger partial charge in [-0.05, 0) is 36.6 Å². The number of aromatic nitrogens is 1. The fourth-order valence-corrected chi connectivity index (χ4v) is 4.27. The summed E-state index contributed by atoms with van der Waals surface area (Å²) < 4.78 is 21.1. The average molecular weight is 379 g/mol. The average Bonchev–Trinajstić information content (AvgIpc) is 2.74. The Hall–Kier alpha value is -2.95. The zero-order valence-electron chi connectivity index (χ0n) is 15.8. The van der Waals surface area contributed by atoms with Crippen LogP contribution in [0.4, 0.5) is 4.39 Å². The maximum absolute atomic E-state index is 14.2. The quantitative estimate of drug-likeness (QED) is 0.595. The maximum atomic E-state index is 14.2. The van der Waals surface area contributed by atoms with Gasteiger partial charge in [0.25, 0.3) is 0 Å². The number of halogens is 1. The zero-order chi connectivity index (χ0) is 19.7. The van der Waals surface area contributed by atoms with Crippen LogP contribution in [0.15, 0.2) is 53.3 Å². The van der Waals surface area contributed by atoms with E-state index in [1.807, 2.05) is 34.9 Å². The minimum Gasteiger partial charge on any atom is -0.465 e. The van der Waals surface area contributed by atoms with E-state index < -0.39 is 17.2 Å². The Morgan fingerprint density at radius 1 is 1.07 bits per heavy atom. The molecule has 28 heavy (non-hydrogen) atoms. The summed E-state index contributed by atoms with van der Waals surface area (Å²) in [5.74, 6) is -1.07. The lowest BCUT2D eigenvalue weighted by molar-refractivity contribution is 0.0599. The molecule has 0 N–H and O–H groups in total. The van der Waals surface area contributed by atoms with E-state index in [1.165, 1.54) is 25.3 Å². The van der Waals surface area contributed by atoms with Crippen molar-refractivity contribution in [3.05, 3.63) is 70.1 Å². The molecular formula is C23H22FNO3. The van der Waals surface area contributed by atoms with Crippen LogP contribution >= 0.6 is 0 Å². The van der Waals surface area contributed by atoms with E-state index in [0.717, 1.165) is 37.7 Å². The van der Waals surface area contributed by atoms with Crippen molar-refractivity contribution in [1.29, 1.82) is 0 Å². The highest BCUT2D eigenvalue weighted by Crippen LogP contribution is 2.36. The van der Waals surface area contributed by atoms with Crippen molar-refractivity contribution in [2.45, 2.75) is 38.1 Å². The van der Waals surface area contributed by atoms with E-state index in [2.05, 4.69) is 0 Å². The second-order valence-corrected chi connectivity index (χ2v) is 7.23. The lowest BCUT2D eigenvalue weighted by atomic mass is 9.92. The third-order valence-electron chi connectivity index (χ3n) is 5.55. The second-order valence-electron chi connectivity index (χ2n) is 7.23. The predicted octanol–water partition coefficient (Wildman–Crippen LogP) is 5.10. The number of carbonyl (C=O) groups is 1. The summed E-state index contributed by atoms with van der Waals surface area (Å²) in [5, 5.41) is 0.340. The number of ether oxygens (including phenoxy) is 1. The van der Waals surface area contributed by atoms with Gasteiger partial charge in [0.1, 0.15) is 11.4 Å². The standard InChI is InChI=1S/C23H22FNO3/c1-28-23(27)20-21(15-8-4-2-5-9-15)25(17-10-6-3-7-11-17)19-14-16(24)12-13-18(19)22(20)26/h2,4-5,8-9,12-14,17H,3,6-7,10-11H2,1H3. The van der Waals surface area contributed by atoms with Gasteiger partial charge in [-0.15, -0.1) is 0 Å². The van der Waals surface area contributed by atoms with Crippen molar-refractivity contribution in [2.75, 3.05) is 7.11 Å². The molecule has 5 heteroatoms. The molecule has 0 radical (unpaired) electrons. The van der Waals surface area contributed by atoms with Crippen LogP contribution in [0, 0.1) is 5.82 Å². The molecular weight excluding hydrogens is 357 g/mol. The second kappa shape index (κ2) is 7.58. The van der Waals surface area contributed by atoms with Crippen molar-refractivity contribution < 1.29 is 13.9 Å². The number of pyridine rings is 1. The van der Waals surface area contributed by atoms with Gasteiger partial charge >= 0.3 is 5.97 Å². The normalized spacial score (nSPS) is 14.9. The van der Waals surface area contributed by atoms with E-state index >= 15 is 0 Å². The summed E-state index contributed by atoms with van der Waals surface area (Å²) in [5.41, 5.74) is 1.38. The number of nitrogens with zero attached hydrogens (tertiary/aromatic N) is 1. The van der Waals surface area contributed by atoms with Crippen molar-refractivity contribution in [1.82, 2.24) is 4.57 Å². The van der Waals surface area contributed by atoms with Crippen molar-refractivity contribution >= 4 is 16.9 Å². The molecule has 3 aromatic rings. The first kappa shape index (κ1) is 18.4. The molecule has 4 rings (SSSR count). The monoisotopic (exact) mass is 379 g/mol. The van der Waals surface area contributed by atoms with Crippen LogP contribution in [0.5, 0.6) is 0 Å². The molecule has 2 aromatic carbocycles. The SMILES string of the molecule is COC(=O)c1c(-c2ccccc2)n(C2CCCCC2)c2cc(F)ccc2c1=O. The van der Waals surface area contributed by atoms with E-state index in [4.69, 9.17) is 4.74 Å². The van der Waals surface area contributed by atoms with Gasteiger partial charge in [0, 0.05) is 11.4 Å². The van der Waals surface area contributed by atoms with Crippen molar-refractivity contribution in [3.8, 4) is 11.3 Å². The zero-order valence-corrected chi connectivity index (χ0v) is 15.8. The van der Waals surface area contributed by atoms with E-state index in [1.54, 1.807) is 0 Å². The Labute approximate surface area is 162 Å². The summed E-state index contributed by atoms with van der Waals surface area (Å²) in [6.07, 6.45) is 5.14. The Morgan fingerprint density at radius 3 is 2.46 bits per heavy atom. The molecule has 0 saturated heterocycles. The van der Waals surface area contributed by atoms with Crippen LogP contribution in [0.1, 0.15) is 48.5 Å². The highest BCUT2D eigenvalue weighted by molar-refractivity contribution is 6.00. The Kier molecular flexibility index (Phi) is 4.99. The molecule has 1 aliphatic rings. The molecule has 1 aromatic heterocycles. The van der Waals surface area contributed by atoms with E-state index in [-0.39, 0.29) is 11.6 Å². The highest BCUT2D eigenvalue weighted by Gasteiger charge is 2.28. The lowest BCUT2D eigenvalue weighted by Gasteiger charge is -2.30. The van der Waals surface area contributed by atoms with Gasteiger partial charge in [-0.1, -0.05) is 49.6 Å². The molecule has 144 valence electrons. The smallest absolute Gasteiger partial charge is 0.344 e. The van der Waals surface area contributed by atoms with Gasteiger partial charge in [0.15, 0.2) is 0 Å². The van der Waals surface area contributed by atoms with Crippen molar-refractivity contribution in [2.24, 2.45) is 0 Å². The summed E-state index contributed by atoms with van der Waals surface area (Å²) in [7, 11) is 1.27. The molecule has 0 aliphatic heterocycles. The summed E-state index contributed by atoms with van der Waals surface area (Å²) in [6.45, 7) is 0. The van der Waals surface area contributed by atoms with Gasteiger partial charge in [0.05, 0.1) is 18.3 Å². The fraction of sp³-hybridized carbons (Fsp3) is 0.304. The van der Waals surface area contributed by atoms with Gasteiger partial charge in [0.2, 0.25) is 5.43 Å². The summed E-state index contributed by atoms with van der Waals surface area (Å²) in [6, 6.07) is 13.6. The Morgan fingerprint density at radius 2 is 1.79 bits per heavy atom. The molecule has 0 atom stereocenters. The van der Waals surface area contributed by atoms with Gasteiger partial charge in [-0.2, -0.15) is 0 Å². The predicted molar refractivity (Wildman–Crippen MR) is 107 cm³/mol. The minimum absolute atomic E-state index is 0.0124. The molecule has 0 bridgehead atoms. The van der Waals surface area contributed by atoms with Crippen LogP contribution < -0.4 is 5.43 Å². The van der Waals surface area contributed by atoms with Gasteiger partial charge < -0.3 is 9.30 Å². The molecule has 0 spiro atoms. The Balaban J connectivity index is 2.17. The number of hydrogen-bond donors (Lipinski definition) is 0. The minimum atomic E-state index is -0.667. The van der Waals surface area contributed by atoms with E-state index in [0.29, 0.717) is 16.6 Å². The van der Waals surface area contributed by atoms with Crippen LogP contribution in [0.3, 0.4) is 0 Å². The number of rotatable bonds is 3. The Bertz CT molecular complexity index is 1080. The first-order valence-electron chi connectivity index (χ1n) is 9.63. The van der Waals surface area contributed by atoms with Crippen LogP contribution in [-0.4, -0.2) is 17.6 Å². The van der Waals surface area contributed by atoms with Gasteiger partial charge in [-0.3, -0.25) is 4.79 Å². The number of esters is 1. The van der Waals surface area contributed by atoms with Crippen molar-refractivity contribution in [3.63, 3.8) is 0 Å². The summed E-state index contributed by atoms with van der Waals surface area (Å²) >= 11 is 0. The molecule has 1 aliphatic carbocycles. The third kappa shape index (κ3) is 3.11. The number of methoxy groups -OCH3 is 1. The summed E-state index contributed by atoms with van der Waals surface area (Å²) in [4.78, 5) is 25.9. The van der Waals surface area contributed by atoms with Crippen LogP contribution in [0.2, 0.25) is 0 Å². The molecule has 1 fully saturated rings. The first-order chi connectivity index (χ1) is 13.6. The molecule has 0 unspecified atom stereocenters. The number of fused-ring (bicyclic) bond motifs is 1. The molecule has 1 heterocycles. The highest BCUT2D eigenvalue weighted by atomic mass is 19.1. The molecule has 0 amide bonds. The number of benzene rings is 2. The van der Waals surface area contributed by atoms with E-state index in [9.17, 15) is 14.0 Å². The lowest BCUT2D eigenvalue weighted by Crippen LogP contribution is -2.26. The van der Waals surface area contributed by atoms with Crippen LogP contribution in [-0.2, 0) is 4.74 Å². The molecule has 4 nitrogen and oxygen atoms in total. The van der Waals surface area contributed by atoms with Crippen LogP contribution in [0.25, 0.3) is 22.2 Å². The third-order valence-corrected chi connectivity index (χ3v) is 5.55. The molecule has 1 saturated carbocycles. The number of hydrogen-bond acceptors (Lipinski definition) is 3. The topological polar surface area (TPSA) is 48.3 Å². The number of carbonyl (C=O) groups excluding carboxylic acids is 1.